The molecule has 1 unspecified atom stereocenters. The largest absolute Gasteiger partial charge is 0.375 e. The Bertz CT molecular complexity index is 498. The van der Waals surface area contributed by atoms with E-state index in [9.17, 15) is 8.42 Å². The van der Waals surface area contributed by atoms with E-state index in [-0.39, 0.29) is 5.25 Å². The molecule has 0 bridgehead atoms. The van der Waals surface area contributed by atoms with E-state index in [0.717, 1.165) is 37.2 Å². The third kappa shape index (κ3) is 3.66. The van der Waals surface area contributed by atoms with Crippen LogP contribution in [0.25, 0.3) is 0 Å². The second-order valence-corrected chi connectivity index (χ2v) is 8.32. The number of nitrogen functional groups attached to an aromatic ring is 1. The normalized spacial score (nSPS) is 22.8. The predicted molar refractivity (Wildman–Crippen MR) is 74.3 cm³/mol. The molecule has 1 atom stereocenters. The van der Waals surface area contributed by atoms with Crippen molar-refractivity contribution in [1.82, 2.24) is 9.88 Å². The van der Waals surface area contributed by atoms with Gasteiger partial charge in [-0.2, -0.15) is 0 Å². The molecule has 1 aromatic rings. The lowest BCUT2D eigenvalue weighted by Crippen LogP contribution is -2.34. The fraction of sp³-hybridized carbons (Fsp3) is 0.727. The molecule has 18 heavy (non-hydrogen) atoms. The molecule has 0 radical (unpaired) electrons. The second-order valence-electron chi connectivity index (χ2n) is 4.85. The Hall–Kier alpha value is -0.660. The van der Waals surface area contributed by atoms with Gasteiger partial charge < -0.3 is 5.73 Å². The highest BCUT2D eigenvalue weighted by atomic mass is 32.2. The van der Waals surface area contributed by atoms with Crippen LogP contribution >= 0.6 is 11.3 Å². The van der Waals surface area contributed by atoms with Gasteiger partial charge in [-0.15, -0.1) is 11.3 Å². The molecule has 0 saturated carbocycles. The summed E-state index contributed by atoms with van der Waals surface area (Å²) in [6, 6.07) is 0. The SMILES string of the molecule is CS(=O)(=O)C1CCCCN(Cc2cnc(N)s2)C1. The van der Waals surface area contributed by atoms with Crippen molar-refractivity contribution in [2.24, 2.45) is 0 Å². The molecule has 1 fully saturated rings. The zero-order valence-corrected chi connectivity index (χ0v) is 12.1. The molecule has 0 amide bonds. The maximum absolute atomic E-state index is 11.7. The van der Waals surface area contributed by atoms with Gasteiger partial charge >= 0.3 is 0 Å². The molecule has 2 N–H and O–H groups in total. The molecular formula is C11H19N3O2S2. The Kier molecular flexibility index (Phi) is 4.24. The van der Waals surface area contributed by atoms with Gasteiger partial charge in [-0.05, 0) is 19.4 Å². The Morgan fingerprint density at radius 1 is 1.56 bits per heavy atom. The molecule has 0 aromatic carbocycles. The van der Waals surface area contributed by atoms with Gasteiger partial charge in [-0.1, -0.05) is 6.42 Å². The minimum Gasteiger partial charge on any atom is -0.375 e. The Balaban J connectivity index is 2.03. The van der Waals surface area contributed by atoms with Crippen molar-refractivity contribution >= 4 is 26.3 Å². The van der Waals surface area contributed by atoms with Crippen molar-refractivity contribution in [3.8, 4) is 0 Å². The molecule has 2 rings (SSSR count). The van der Waals surface area contributed by atoms with Crippen molar-refractivity contribution in [2.45, 2.75) is 31.1 Å². The van der Waals surface area contributed by atoms with Gasteiger partial charge in [0.25, 0.3) is 0 Å². The fourth-order valence-corrected chi connectivity index (χ4v) is 4.09. The van der Waals surface area contributed by atoms with Crippen LogP contribution in [-0.2, 0) is 16.4 Å². The van der Waals surface area contributed by atoms with Gasteiger partial charge in [0.2, 0.25) is 0 Å². The van der Waals surface area contributed by atoms with E-state index in [1.54, 1.807) is 6.20 Å². The average molecular weight is 289 g/mol. The summed E-state index contributed by atoms with van der Waals surface area (Å²) < 4.78 is 23.4. The highest BCUT2D eigenvalue weighted by Gasteiger charge is 2.26. The number of thiazole rings is 1. The predicted octanol–water partition coefficient (Wildman–Crippen LogP) is 1.12. The van der Waals surface area contributed by atoms with Gasteiger partial charge in [-0.25, -0.2) is 13.4 Å². The molecule has 7 heteroatoms. The topological polar surface area (TPSA) is 76.3 Å². The van der Waals surface area contributed by atoms with Crippen LogP contribution in [0, 0.1) is 0 Å². The zero-order chi connectivity index (χ0) is 13.2. The van der Waals surface area contributed by atoms with E-state index < -0.39 is 9.84 Å². The maximum atomic E-state index is 11.7. The van der Waals surface area contributed by atoms with Crippen LogP contribution in [0.2, 0.25) is 0 Å². The van der Waals surface area contributed by atoms with Crippen molar-refractivity contribution < 1.29 is 8.42 Å². The van der Waals surface area contributed by atoms with Gasteiger partial charge in [0.15, 0.2) is 15.0 Å². The number of aromatic nitrogens is 1. The van der Waals surface area contributed by atoms with E-state index in [1.807, 2.05) is 0 Å². The molecule has 1 saturated heterocycles. The van der Waals surface area contributed by atoms with Crippen molar-refractivity contribution in [1.29, 1.82) is 0 Å². The summed E-state index contributed by atoms with van der Waals surface area (Å²) >= 11 is 1.47. The third-order valence-corrected chi connectivity index (χ3v) is 5.68. The van der Waals surface area contributed by atoms with Crippen molar-refractivity contribution in [3.05, 3.63) is 11.1 Å². The van der Waals surface area contributed by atoms with E-state index in [4.69, 9.17) is 5.73 Å². The van der Waals surface area contributed by atoms with Gasteiger partial charge in [0.1, 0.15) is 0 Å². The zero-order valence-electron chi connectivity index (χ0n) is 10.5. The summed E-state index contributed by atoms with van der Waals surface area (Å²) in [7, 11) is -2.95. The first kappa shape index (κ1) is 13.8. The van der Waals surface area contributed by atoms with Crippen molar-refractivity contribution in [3.63, 3.8) is 0 Å². The summed E-state index contributed by atoms with van der Waals surface area (Å²) in [5.41, 5.74) is 5.60. The van der Waals surface area contributed by atoms with Crippen LogP contribution in [0.1, 0.15) is 24.1 Å². The molecule has 1 aliphatic heterocycles. The first-order chi connectivity index (χ1) is 8.45. The monoisotopic (exact) mass is 289 g/mol. The number of hydrogen-bond donors (Lipinski definition) is 1. The molecular weight excluding hydrogens is 270 g/mol. The Morgan fingerprint density at radius 3 is 2.94 bits per heavy atom. The number of anilines is 1. The van der Waals surface area contributed by atoms with E-state index >= 15 is 0 Å². The Labute approximate surface area is 112 Å². The maximum Gasteiger partial charge on any atom is 0.180 e. The lowest BCUT2D eigenvalue weighted by Gasteiger charge is -2.22. The van der Waals surface area contributed by atoms with Gasteiger partial charge in [-0.3, -0.25) is 4.90 Å². The van der Waals surface area contributed by atoms with Crippen LogP contribution in [-0.4, -0.2) is 42.9 Å². The van der Waals surface area contributed by atoms with Crippen LogP contribution in [0.4, 0.5) is 5.13 Å². The molecule has 5 nitrogen and oxygen atoms in total. The second kappa shape index (κ2) is 5.54. The van der Waals surface area contributed by atoms with E-state index in [1.165, 1.54) is 17.6 Å². The Morgan fingerprint density at radius 2 is 2.33 bits per heavy atom. The van der Waals surface area contributed by atoms with Gasteiger partial charge in [0.05, 0.1) is 5.25 Å². The minimum atomic E-state index is -2.95. The summed E-state index contributed by atoms with van der Waals surface area (Å²) in [6.07, 6.45) is 5.94. The average Bonchev–Trinajstić information content (AvgIpc) is 2.53. The van der Waals surface area contributed by atoms with Gasteiger partial charge in [0, 0.05) is 30.4 Å². The number of likely N-dealkylation sites (tertiary alicyclic amines) is 1. The lowest BCUT2D eigenvalue weighted by molar-refractivity contribution is 0.280. The minimum absolute atomic E-state index is 0.231. The summed E-state index contributed by atoms with van der Waals surface area (Å²) in [5, 5.41) is 0.338. The quantitative estimate of drug-likeness (QED) is 0.902. The molecule has 102 valence electrons. The molecule has 1 aliphatic rings. The number of nitrogens with two attached hydrogens (primary N) is 1. The third-order valence-electron chi connectivity index (χ3n) is 3.27. The molecule has 0 spiro atoms. The van der Waals surface area contributed by atoms with E-state index in [2.05, 4.69) is 9.88 Å². The number of sulfone groups is 1. The van der Waals surface area contributed by atoms with Crippen LogP contribution in [0.5, 0.6) is 0 Å². The molecule has 1 aromatic heterocycles. The lowest BCUT2D eigenvalue weighted by atomic mass is 10.2. The first-order valence-corrected chi connectivity index (χ1v) is 8.83. The standard InChI is InChI=1S/C11H19N3O2S2/c1-18(15,16)10-4-2-3-5-14(8-10)7-9-6-13-11(12)17-9/h6,10H,2-5,7-8H2,1H3,(H2,12,13). The number of rotatable bonds is 3. The summed E-state index contributed by atoms with van der Waals surface area (Å²) in [5.74, 6) is 0. The van der Waals surface area contributed by atoms with Crippen LogP contribution in [0.15, 0.2) is 6.20 Å². The van der Waals surface area contributed by atoms with Crippen LogP contribution < -0.4 is 5.73 Å². The first-order valence-electron chi connectivity index (χ1n) is 6.06. The van der Waals surface area contributed by atoms with Crippen molar-refractivity contribution in [2.75, 3.05) is 25.1 Å². The van der Waals surface area contributed by atoms with E-state index in [0.29, 0.717) is 11.7 Å². The summed E-state index contributed by atoms with van der Waals surface area (Å²) in [4.78, 5) is 7.32. The number of hydrogen-bond acceptors (Lipinski definition) is 6. The van der Waals surface area contributed by atoms with Crippen LogP contribution in [0.3, 0.4) is 0 Å². The highest BCUT2D eigenvalue weighted by molar-refractivity contribution is 7.91. The summed E-state index contributed by atoms with van der Waals surface area (Å²) in [6.45, 7) is 2.32. The smallest absolute Gasteiger partial charge is 0.180 e. The molecule has 2 heterocycles. The number of nitrogens with zero attached hydrogens (tertiary/aromatic N) is 2. The highest BCUT2D eigenvalue weighted by Crippen LogP contribution is 2.21. The fourth-order valence-electron chi connectivity index (χ4n) is 2.29. The molecule has 0 aliphatic carbocycles.